The summed E-state index contributed by atoms with van der Waals surface area (Å²) in [5, 5.41) is 2.89. The second-order valence-electron chi connectivity index (χ2n) is 7.11. The van der Waals surface area contributed by atoms with Crippen LogP contribution in [0.2, 0.25) is 0 Å². The van der Waals surface area contributed by atoms with Crippen molar-refractivity contribution < 1.29 is 9.53 Å². The smallest absolute Gasteiger partial charge is 0.262 e. The molecule has 3 rings (SSSR count). The van der Waals surface area contributed by atoms with E-state index in [4.69, 9.17) is 4.74 Å². The van der Waals surface area contributed by atoms with Crippen LogP contribution in [0.3, 0.4) is 0 Å². The minimum absolute atomic E-state index is 0.0118. The molecule has 1 amide bonds. The number of amides is 1. The van der Waals surface area contributed by atoms with E-state index in [0.717, 1.165) is 23.5 Å². The van der Waals surface area contributed by atoms with Gasteiger partial charge in [0.25, 0.3) is 5.91 Å². The molecule has 26 heavy (non-hydrogen) atoms. The van der Waals surface area contributed by atoms with E-state index in [1.54, 1.807) is 0 Å². The van der Waals surface area contributed by atoms with E-state index in [9.17, 15) is 4.79 Å². The maximum absolute atomic E-state index is 12.1. The van der Waals surface area contributed by atoms with Crippen LogP contribution in [-0.2, 0) is 11.3 Å². The number of benzene rings is 2. The largest absolute Gasteiger partial charge is 0.483 e. The molecule has 0 radical (unpaired) electrons. The van der Waals surface area contributed by atoms with Crippen molar-refractivity contribution in [1.29, 1.82) is 0 Å². The Morgan fingerprint density at radius 1 is 1.15 bits per heavy atom. The molecule has 1 atom stereocenters. The maximum atomic E-state index is 12.1. The average molecular weight is 352 g/mol. The van der Waals surface area contributed by atoms with Crippen molar-refractivity contribution >= 4 is 11.6 Å². The van der Waals surface area contributed by atoms with Crippen LogP contribution in [-0.4, -0.2) is 30.0 Å². The fourth-order valence-electron chi connectivity index (χ4n) is 3.38. The average Bonchev–Trinajstić information content (AvgIpc) is 2.64. The highest BCUT2D eigenvalue weighted by molar-refractivity contribution is 5.91. The number of anilines is 1. The van der Waals surface area contributed by atoms with Gasteiger partial charge in [0, 0.05) is 18.3 Å². The summed E-state index contributed by atoms with van der Waals surface area (Å²) < 4.78 is 5.59. The van der Waals surface area contributed by atoms with Crippen molar-refractivity contribution in [2.24, 2.45) is 0 Å². The number of nitrogens with one attached hydrogen (secondary N) is 1. The van der Waals surface area contributed by atoms with Gasteiger partial charge in [-0.05, 0) is 62.6 Å². The van der Waals surface area contributed by atoms with Crippen molar-refractivity contribution in [3.8, 4) is 5.75 Å². The summed E-state index contributed by atoms with van der Waals surface area (Å²) >= 11 is 0. The predicted octanol–water partition coefficient (Wildman–Crippen LogP) is 4.39. The Labute approximate surface area is 156 Å². The number of carbonyl (C=O) groups excluding carboxylic acids is 1. The van der Waals surface area contributed by atoms with E-state index in [-0.39, 0.29) is 12.5 Å². The molecule has 0 aromatic heterocycles. The molecular weight excluding hydrogens is 324 g/mol. The minimum Gasteiger partial charge on any atom is -0.483 e. The molecule has 1 heterocycles. The summed E-state index contributed by atoms with van der Waals surface area (Å²) in [7, 11) is 0. The molecule has 2 aromatic rings. The van der Waals surface area contributed by atoms with Gasteiger partial charge in [0.05, 0.1) is 0 Å². The normalized spacial score (nSPS) is 17.7. The van der Waals surface area contributed by atoms with Crippen molar-refractivity contribution in [2.75, 3.05) is 18.5 Å². The van der Waals surface area contributed by atoms with Crippen LogP contribution < -0.4 is 10.1 Å². The highest BCUT2D eigenvalue weighted by Gasteiger charge is 2.18. The molecule has 1 fully saturated rings. The van der Waals surface area contributed by atoms with E-state index in [1.165, 1.54) is 31.4 Å². The summed E-state index contributed by atoms with van der Waals surface area (Å²) in [5.74, 6) is 0.597. The molecule has 0 bridgehead atoms. The number of rotatable bonds is 6. The molecule has 1 N–H and O–H groups in total. The van der Waals surface area contributed by atoms with Gasteiger partial charge in [0.15, 0.2) is 6.61 Å². The molecule has 0 spiro atoms. The first-order valence-electron chi connectivity index (χ1n) is 9.43. The monoisotopic (exact) mass is 352 g/mol. The zero-order valence-corrected chi connectivity index (χ0v) is 15.7. The minimum atomic E-state index is -0.148. The van der Waals surface area contributed by atoms with Crippen molar-refractivity contribution in [1.82, 2.24) is 4.90 Å². The lowest BCUT2D eigenvalue weighted by Crippen LogP contribution is -2.36. The van der Waals surface area contributed by atoms with Gasteiger partial charge in [-0.1, -0.05) is 36.8 Å². The van der Waals surface area contributed by atoms with E-state index >= 15 is 0 Å². The number of aryl methyl sites for hydroxylation is 1. The number of nitrogens with zero attached hydrogens (tertiary/aromatic N) is 1. The number of piperidine rings is 1. The number of hydrogen-bond acceptors (Lipinski definition) is 3. The molecule has 4 nitrogen and oxygen atoms in total. The molecular formula is C22H28N2O2. The van der Waals surface area contributed by atoms with Gasteiger partial charge < -0.3 is 10.1 Å². The first-order valence-corrected chi connectivity index (χ1v) is 9.43. The molecule has 0 aliphatic carbocycles. The molecule has 4 heteroatoms. The predicted molar refractivity (Wildman–Crippen MR) is 105 cm³/mol. The van der Waals surface area contributed by atoms with Crippen LogP contribution in [0.1, 0.15) is 37.3 Å². The maximum Gasteiger partial charge on any atom is 0.262 e. The number of ether oxygens (including phenoxy) is 1. The Bertz CT molecular complexity index is 727. The van der Waals surface area contributed by atoms with Crippen LogP contribution >= 0.6 is 0 Å². The SMILES string of the molecule is Cc1ccccc1OCC(=O)Nc1ccc(CN2CCCC[C@H]2C)cc1. The summed E-state index contributed by atoms with van der Waals surface area (Å²) in [5.41, 5.74) is 3.11. The van der Waals surface area contributed by atoms with Gasteiger partial charge >= 0.3 is 0 Å². The Kier molecular flexibility index (Phi) is 6.29. The fraction of sp³-hybridized carbons (Fsp3) is 0.409. The van der Waals surface area contributed by atoms with E-state index in [2.05, 4.69) is 29.3 Å². The Morgan fingerprint density at radius 2 is 1.92 bits per heavy atom. The zero-order valence-electron chi connectivity index (χ0n) is 15.7. The van der Waals surface area contributed by atoms with Gasteiger partial charge in [-0.2, -0.15) is 0 Å². The van der Waals surface area contributed by atoms with E-state index in [0.29, 0.717) is 6.04 Å². The topological polar surface area (TPSA) is 41.6 Å². The van der Waals surface area contributed by atoms with Gasteiger partial charge in [0.1, 0.15) is 5.75 Å². The summed E-state index contributed by atoms with van der Waals surface area (Å²) in [6.07, 6.45) is 3.92. The number of para-hydroxylation sites is 1. The highest BCUT2D eigenvalue weighted by Crippen LogP contribution is 2.20. The van der Waals surface area contributed by atoms with Crippen LogP contribution in [0.4, 0.5) is 5.69 Å². The standard InChI is InChI=1S/C22H28N2O2/c1-17-7-3-4-9-21(17)26-16-22(25)23-20-12-10-19(11-13-20)15-24-14-6-5-8-18(24)2/h3-4,7,9-13,18H,5-6,8,14-16H2,1-2H3,(H,23,25)/t18-/m1/s1. The summed E-state index contributed by atoms with van der Waals surface area (Å²) in [6, 6.07) is 16.5. The molecule has 1 aliphatic rings. The molecule has 1 saturated heterocycles. The highest BCUT2D eigenvalue weighted by atomic mass is 16.5. The van der Waals surface area contributed by atoms with Crippen molar-refractivity contribution in [2.45, 2.75) is 45.7 Å². The lowest BCUT2D eigenvalue weighted by molar-refractivity contribution is -0.118. The second kappa shape index (κ2) is 8.86. The molecule has 138 valence electrons. The third kappa shape index (κ3) is 5.09. The molecule has 0 unspecified atom stereocenters. The fourth-order valence-corrected chi connectivity index (χ4v) is 3.38. The molecule has 2 aromatic carbocycles. The Morgan fingerprint density at radius 3 is 2.65 bits per heavy atom. The second-order valence-corrected chi connectivity index (χ2v) is 7.11. The van der Waals surface area contributed by atoms with Crippen LogP contribution in [0.15, 0.2) is 48.5 Å². The molecule has 0 saturated carbocycles. The quantitative estimate of drug-likeness (QED) is 0.838. The Balaban J connectivity index is 1.49. The summed E-state index contributed by atoms with van der Waals surface area (Å²) in [4.78, 5) is 14.6. The third-order valence-electron chi connectivity index (χ3n) is 5.02. The number of hydrogen-bond donors (Lipinski definition) is 1. The van der Waals surface area contributed by atoms with Crippen LogP contribution in [0.5, 0.6) is 5.75 Å². The van der Waals surface area contributed by atoms with Crippen LogP contribution in [0, 0.1) is 6.92 Å². The van der Waals surface area contributed by atoms with E-state index < -0.39 is 0 Å². The zero-order chi connectivity index (χ0) is 18.4. The first kappa shape index (κ1) is 18.5. The first-order chi connectivity index (χ1) is 12.6. The van der Waals surface area contributed by atoms with Crippen LogP contribution in [0.25, 0.3) is 0 Å². The Hall–Kier alpha value is -2.33. The number of carbonyl (C=O) groups is 1. The van der Waals surface area contributed by atoms with Gasteiger partial charge in [-0.3, -0.25) is 9.69 Å². The van der Waals surface area contributed by atoms with E-state index in [1.807, 2.05) is 43.3 Å². The van der Waals surface area contributed by atoms with Gasteiger partial charge in [-0.15, -0.1) is 0 Å². The number of likely N-dealkylation sites (tertiary alicyclic amines) is 1. The van der Waals surface area contributed by atoms with Crippen molar-refractivity contribution in [3.63, 3.8) is 0 Å². The lowest BCUT2D eigenvalue weighted by atomic mass is 10.0. The van der Waals surface area contributed by atoms with Crippen molar-refractivity contribution in [3.05, 3.63) is 59.7 Å². The third-order valence-corrected chi connectivity index (χ3v) is 5.02. The summed E-state index contributed by atoms with van der Waals surface area (Å²) in [6.45, 7) is 6.44. The lowest BCUT2D eigenvalue weighted by Gasteiger charge is -2.33. The molecule has 1 aliphatic heterocycles. The van der Waals surface area contributed by atoms with Gasteiger partial charge in [-0.25, -0.2) is 0 Å². The van der Waals surface area contributed by atoms with Gasteiger partial charge in [0.2, 0.25) is 0 Å².